The minimum atomic E-state index is 0.740. The van der Waals surface area contributed by atoms with Crippen LogP contribution in [0.3, 0.4) is 0 Å². The Labute approximate surface area is 121 Å². The van der Waals surface area contributed by atoms with Crippen molar-refractivity contribution >= 4 is 11.6 Å². The van der Waals surface area contributed by atoms with Crippen molar-refractivity contribution < 1.29 is 0 Å². The molecule has 2 aliphatic rings. The number of piperidine rings is 1. The predicted octanol–water partition coefficient (Wildman–Crippen LogP) is 3.10. The second kappa shape index (κ2) is 6.25. The molecule has 1 aromatic carbocycles. The molecule has 2 heterocycles. The maximum atomic E-state index is 5.96. The average molecular weight is 279 g/mol. The predicted molar refractivity (Wildman–Crippen MR) is 80.8 cm³/mol. The van der Waals surface area contributed by atoms with Crippen LogP contribution >= 0.6 is 11.6 Å². The van der Waals surface area contributed by atoms with E-state index in [1.54, 1.807) is 0 Å². The molecule has 19 heavy (non-hydrogen) atoms. The first-order valence-corrected chi connectivity index (χ1v) is 7.91. The van der Waals surface area contributed by atoms with Crippen molar-refractivity contribution in [2.75, 3.05) is 19.6 Å². The van der Waals surface area contributed by atoms with Gasteiger partial charge in [-0.2, -0.15) is 0 Å². The van der Waals surface area contributed by atoms with E-state index in [-0.39, 0.29) is 0 Å². The second-order valence-electron chi connectivity index (χ2n) is 5.85. The number of nitrogens with one attached hydrogen (secondary N) is 1. The lowest BCUT2D eigenvalue weighted by Gasteiger charge is -2.36. The van der Waals surface area contributed by atoms with Crippen LogP contribution in [0.4, 0.5) is 0 Å². The normalized spacial score (nSPS) is 25.8. The molecule has 2 nitrogen and oxygen atoms in total. The van der Waals surface area contributed by atoms with E-state index in [9.17, 15) is 0 Å². The zero-order valence-corrected chi connectivity index (χ0v) is 12.2. The molecule has 0 saturated carbocycles. The Morgan fingerprint density at radius 1 is 1.11 bits per heavy atom. The third-order valence-electron chi connectivity index (χ3n) is 4.58. The van der Waals surface area contributed by atoms with Gasteiger partial charge in [-0.25, -0.2) is 0 Å². The molecule has 0 bridgehead atoms. The molecule has 0 aromatic heterocycles. The summed E-state index contributed by atoms with van der Waals surface area (Å²) in [5.41, 5.74) is 1.43. The van der Waals surface area contributed by atoms with Gasteiger partial charge in [0.15, 0.2) is 0 Å². The Balaban J connectivity index is 1.64. The minimum Gasteiger partial charge on any atom is -0.317 e. The molecule has 0 aliphatic carbocycles. The number of rotatable bonds is 3. The van der Waals surface area contributed by atoms with Gasteiger partial charge in [0.25, 0.3) is 0 Å². The van der Waals surface area contributed by atoms with Gasteiger partial charge in [0, 0.05) is 17.1 Å². The molecular weight excluding hydrogens is 256 g/mol. The molecule has 3 rings (SSSR count). The first-order valence-electron chi connectivity index (χ1n) is 7.54. The number of halogens is 1. The topological polar surface area (TPSA) is 15.3 Å². The van der Waals surface area contributed by atoms with Gasteiger partial charge in [-0.15, -0.1) is 0 Å². The largest absolute Gasteiger partial charge is 0.317 e. The first-order chi connectivity index (χ1) is 9.33. The van der Waals surface area contributed by atoms with E-state index in [0.717, 1.165) is 17.1 Å². The van der Waals surface area contributed by atoms with Crippen molar-refractivity contribution in [3.8, 4) is 0 Å². The van der Waals surface area contributed by atoms with Crippen molar-refractivity contribution in [3.63, 3.8) is 0 Å². The maximum absolute atomic E-state index is 5.96. The first kappa shape index (κ1) is 13.4. The molecule has 0 amide bonds. The summed E-state index contributed by atoms with van der Waals surface area (Å²) >= 11 is 5.96. The molecule has 3 heteroatoms. The summed E-state index contributed by atoms with van der Waals surface area (Å²) in [6.07, 6.45) is 6.53. The average Bonchev–Trinajstić information content (AvgIpc) is 2.90. The van der Waals surface area contributed by atoms with E-state index in [1.807, 2.05) is 12.1 Å². The smallest absolute Gasteiger partial charge is 0.0406 e. The van der Waals surface area contributed by atoms with Crippen molar-refractivity contribution in [1.29, 1.82) is 0 Å². The van der Waals surface area contributed by atoms with E-state index in [2.05, 4.69) is 22.3 Å². The van der Waals surface area contributed by atoms with Gasteiger partial charge in [-0.05, 0) is 69.4 Å². The summed E-state index contributed by atoms with van der Waals surface area (Å²) in [4.78, 5) is 2.77. The van der Waals surface area contributed by atoms with Crippen LogP contribution in [0.15, 0.2) is 24.3 Å². The minimum absolute atomic E-state index is 0.740. The van der Waals surface area contributed by atoms with Crippen LogP contribution in [0.1, 0.15) is 31.2 Å². The SMILES string of the molecule is Clc1ccc(C[C@H]2CCCN2C2CCNCC2)cc1. The van der Waals surface area contributed by atoms with Gasteiger partial charge in [-0.1, -0.05) is 23.7 Å². The Bertz CT molecular complexity index is 398. The van der Waals surface area contributed by atoms with Crippen LogP contribution in [0.2, 0.25) is 5.02 Å². The molecule has 1 atom stereocenters. The summed E-state index contributed by atoms with van der Waals surface area (Å²) in [7, 11) is 0. The van der Waals surface area contributed by atoms with Crippen LogP contribution in [0.25, 0.3) is 0 Å². The fourth-order valence-electron chi connectivity index (χ4n) is 3.59. The quantitative estimate of drug-likeness (QED) is 0.914. The summed E-state index contributed by atoms with van der Waals surface area (Å²) in [5, 5.41) is 4.31. The van der Waals surface area contributed by atoms with Gasteiger partial charge in [-0.3, -0.25) is 4.90 Å². The highest BCUT2D eigenvalue weighted by Gasteiger charge is 2.31. The number of hydrogen-bond acceptors (Lipinski definition) is 2. The van der Waals surface area contributed by atoms with Gasteiger partial charge >= 0.3 is 0 Å². The fourth-order valence-corrected chi connectivity index (χ4v) is 3.71. The highest BCUT2D eigenvalue weighted by molar-refractivity contribution is 6.30. The van der Waals surface area contributed by atoms with E-state index >= 15 is 0 Å². The lowest BCUT2D eigenvalue weighted by atomic mass is 10.00. The maximum Gasteiger partial charge on any atom is 0.0406 e. The number of nitrogens with zero attached hydrogens (tertiary/aromatic N) is 1. The lowest BCUT2D eigenvalue weighted by Crippen LogP contribution is -2.45. The van der Waals surface area contributed by atoms with Gasteiger partial charge in [0.05, 0.1) is 0 Å². The van der Waals surface area contributed by atoms with Crippen LogP contribution in [0, 0.1) is 0 Å². The fraction of sp³-hybridized carbons (Fsp3) is 0.625. The molecule has 0 spiro atoms. The number of benzene rings is 1. The van der Waals surface area contributed by atoms with E-state index in [0.29, 0.717) is 0 Å². The standard InChI is InChI=1S/C16H23ClN2/c17-14-5-3-13(4-6-14)12-16-2-1-11-19(16)15-7-9-18-10-8-15/h3-6,15-16,18H,1-2,7-12H2/t16-/m1/s1. The lowest BCUT2D eigenvalue weighted by molar-refractivity contribution is 0.147. The molecule has 2 aliphatic heterocycles. The van der Waals surface area contributed by atoms with Gasteiger partial charge < -0.3 is 5.32 Å². The zero-order valence-electron chi connectivity index (χ0n) is 11.4. The third kappa shape index (κ3) is 3.31. The van der Waals surface area contributed by atoms with Crippen molar-refractivity contribution in [3.05, 3.63) is 34.9 Å². The highest BCUT2D eigenvalue weighted by atomic mass is 35.5. The molecule has 2 fully saturated rings. The van der Waals surface area contributed by atoms with Crippen LogP contribution in [-0.2, 0) is 6.42 Å². The van der Waals surface area contributed by atoms with Crippen LogP contribution in [-0.4, -0.2) is 36.6 Å². The highest BCUT2D eigenvalue weighted by Crippen LogP contribution is 2.27. The molecule has 104 valence electrons. The molecule has 2 saturated heterocycles. The molecule has 0 radical (unpaired) electrons. The van der Waals surface area contributed by atoms with Gasteiger partial charge in [0.2, 0.25) is 0 Å². The van der Waals surface area contributed by atoms with E-state index in [4.69, 9.17) is 11.6 Å². The Kier molecular flexibility index (Phi) is 4.42. The third-order valence-corrected chi connectivity index (χ3v) is 4.84. The van der Waals surface area contributed by atoms with E-state index in [1.165, 1.54) is 57.3 Å². The van der Waals surface area contributed by atoms with E-state index < -0.39 is 0 Å². The van der Waals surface area contributed by atoms with Gasteiger partial charge in [0.1, 0.15) is 0 Å². The summed E-state index contributed by atoms with van der Waals surface area (Å²) in [6.45, 7) is 3.67. The molecular formula is C16H23ClN2. The monoisotopic (exact) mass is 278 g/mol. The number of likely N-dealkylation sites (tertiary alicyclic amines) is 1. The van der Waals surface area contributed by atoms with Crippen molar-refractivity contribution in [2.45, 2.75) is 44.2 Å². The summed E-state index contributed by atoms with van der Waals surface area (Å²) in [5.74, 6) is 0. The van der Waals surface area contributed by atoms with Crippen LogP contribution < -0.4 is 5.32 Å². The molecule has 1 aromatic rings. The molecule has 1 N–H and O–H groups in total. The van der Waals surface area contributed by atoms with Crippen LogP contribution in [0.5, 0.6) is 0 Å². The Morgan fingerprint density at radius 3 is 2.58 bits per heavy atom. The zero-order chi connectivity index (χ0) is 13.1. The Morgan fingerprint density at radius 2 is 1.84 bits per heavy atom. The van der Waals surface area contributed by atoms with Crippen molar-refractivity contribution in [1.82, 2.24) is 10.2 Å². The number of hydrogen-bond donors (Lipinski definition) is 1. The molecule has 0 unspecified atom stereocenters. The van der Waals surface area contributed by atoms with Crippen molar-refractivity contribution in [2.24, 2.45) is 0 Å². The second-order valence-corrected chi connectivity index (χ2v) is 6.28. The summed E-state index contributed by atoms with van der Waals surface area (Å²) in [6, 6.07) is 9.94. The Hall–Kier alpha value is -0.570. The summed E-state index contributed by atoms with van der Waals surface area (Å²) < 4.78 is 0.